The molecule has 0 saturated carbocycles. The number of rotatable bonds is 5. The Hall–Kier alpha value is -2.27. The van der Waals surface area contributed by atoms with Crippen LogP contribution in [0.3, 0.4) is 0 Å². The molecule has 1 atom stereocenters. The van der Waals surface area contributed by atoms with E-state index in [1.165, 1.54) is 19.2 Å². The number of nitrogens with zero attached hydrogens (tertiary/aromatic N) is 1. The first-order chi connectivity index (χ1) is 9.20. The fourth-order valence-corrected chi connectivity index (χ4v) is 1.68. The highest BCUT2D eigenvalue weighted by atomic mass is 16.5. The summed E-state index contributed by atoms with van der Waals surface area (Å²) < 4.78 is 10.5. The van der Waals surface area contributed by atoms with Gasteiger partial charge in [0.2, 0.25) is 0 Å². The second kappa shape index (κ2) is 6.06. The molecular weight excluding hydrogens is 246 g/mol. The van der Waals surface area contributed by atoms with Crippen molar-refractivity contribution in [3.63, 3.8) is 0 Å². The molecule has 0 fully saturated rings. The van der Waals surface area contributed by atoms with E-state index in [0.717, 1.165) is 0 Å². The SMILES string of the molecule is COc1ccc(O)cc1C(O)COc1cccnc1. The van der Waals surface area contributed by atoms with Gasteiger partial charge in [-0.3, -0.25) is 4.98 Å². The molecule has 1 aromatic carbocycles. The smallest absolute Gasteiger partial charge is 0.137 e. The van der Waals surface area contributed by atoms with Gasteiger partial charge in [0, 0.05) is 11.8 Å². The maximum absolute atomic E-state index is 10.1. The Labute approximate surface area is 111 Å². The molecule has 0 amide bonds. The predicted molar refractivity (Wildman–Crippen MR) is 69.4 cm³/mol. The van der Waals surface area contributed by atoms with E-state index in [9.17, 15) is 10.2 Å². The molecule has 5 heteroatoms. The molecule has 5 nitrogen and oxygen atoms in total. The average molecular weight is 261 g/mol. The van der Waals surface area contributed by atoms with Crippen LogP contribution in [0.25, 0.3) is 0 Å². The minimum absolute atomic E-state index is 0.0471. The lowest BCUT2D eigenvalue weighted by molar-refractivity contribution is 0.105. The lowest BCUT2D eigenvalue weighted by Crippen LogP contribution is -2.11. The van der Waals surface area contributed by atoms with Gasteiger partial charge in [-0.2, -0.15) is 0 Å². The third-order valence-electron chi connectivity index (χ3n) is 2.61. The molecule has 0 aliphatic carbocycles. The molecule has 2 N–H and O–H groups in total. The number of aromatic hydroxyl groups is 1. The summed E-state index contributed by atoms with van der Waals surface area (Å²) in [5, 5.41) is 19.5. The molecule has 0 spiro atoms. The fraction of sp³-hybridized carbons (Fsp3) is 0.214. The second-order valence-electron chi connectivity index (χ2n) is 3.94. The minimum atomic E-state index is -0.901. The zero-order valence-corrected chi connectivity index (χ0v) is 10.5. The van der Waals surface area contributed by atoms with Crippen LogP contribution in [0.1, 0.15) is 11.7 Å². The number of ether oxygens (including phenoxy) is 2. The Morgan fingerprint density at radius 1 is 1.32 bits per heavy atom. The van der Waals surface area contributed by atoms with Crippen molar-refractivity contribution in [3.05, 3.63) is 48.3 Å². The van der Waals surface area contributed by atoms with Crippen LogP contribution in [-0.4, -0.2) is 28.9 Å². The van der Waals surface area contributed by atoms with Gasteiger partial charge in [-0.05, 0) is 30.3 Å². The summed E-state index contributed by atoms with van der Waals surface area (Å²) >= 11 is 0. The summed E-state index contributed by atoms with van der Waals surface area (Å²) in [6.45, 7) is 0.0471. The zero-order valence-electron chi connectivity index (χ0n) is 10.5. The van der Waals surface area contributed by atoms with E-state index < -0.39 is 6.10 Å². The molecule has 19 heavy (non-hydrogen) atoms. The molecule has 0 aliphatic heterocycles. The molecule has 1 unspecified atom stereocenters. The Morgan fingerprint density at radius 2 is 2.16 bits per heavy atom. The molecule has 0 bridgehead atoms. The number of benzene rings is 1. The highest BCUT2D eigenvalue weighted by molar-refractivity contribution is 5.41. The van der Waals surface area contributed by atoms with Gasteiger partial charge in [-0.1, -0.05) is 0 Å². The quantitative estimate of drug-likeness (QED) is 0.860. The number of hydrogen-bond donors (Lipinski definition) is 2. The summed E-state index contributed by atoms with van der Waals surface area (Å²) in [5.74, 6) is 1.14. The van der Waals surface area contributed by atoms with E-state index in [2.05, 4.69) is 4.98 Å². The molecule has 100 valence electrons. The van der Waals surface area contributed by atoms with Crippen LogP contribution in [0, 0.1) is 0 Å². The molecule has 0 aliphatic rings. The molecule has 2 rings (SSSR count). The van der Waals surface area contributed by atoms with Crippen molar-refractivity contribution < 1.29 is 19.7 Å². The van der Waals surface area contributed by atoms with Gasteiger partial charge >= 0.3 is 0 Å². The Morgan fingerprint density at radius 3 is 2.84 bits per heavy atom. The van der Waals surface area contributed by atoms with Gasteiger partial charge in [0.05, 0.1) is 13.3 Å². The van der Waals surface area contributed by atoms with E-state index in [0.29, 0.717) is 17.1 Å². The van der Waals surface area contributed by atoms with Crippen LogP contribution in [0.4, 0.5) is 0 Å². The molecule has 0 saturated heterocycles. The number of phenolic OH excluding ortho intramolecular Hbond substituents is 1. The summed E-state index contributed by atoms with van der Waals surface area (Å²) in [4.78, 5) is 3.91. The van der Waals surface area contributed by atoms with Crippen LogP contribution < -0.4 is 9.47 Å². The van der Waals surface area contributed by atoms with Gasteiger partial charge in [0.25, 0.3) is 0 Å². The van der Waals surface area contributed by atoms with Gasteiger partial charge in [-0.15, -0.1) is 0 Å². The van der Waals surface area contributed by atoms with E-state index >= 15 is 0 Å². The zero-order chi connectivity index (χ0) is 13.7. The van der Waals surface area contributed by atoms with Crippen LogP contribution in [0.15, 0.2) is 42.7 Å². The van der Waals surface area contributed by atoms with Crippen LogP contribution >= 0.6 is 0 Å². The van der Waals surface area contributed by atoms with Crippen LogP contribution in [0.5, 0.6) is 17.2 Å². The number of aromatic nitrogens is 1. The summed E-state index contributed by atoms with van der Waals surface area (Å²) in [6.07, 6.45) is 2.30. The van der Waals surface area contributed by atoms with Crippen molar-refractivity contribution in [1.82, 2.24) is 4.98 Å². The topological polar surface area (TPSA) is 71.8 Å². The van der Waals surface area contributed by atoms with Crippen molar-refractivity contribution in [2.24, 2.45) is 0 Å². The molecule has 0 radical (unpaired) electrons. The maximum Gasteiger partial charge on any atom is 0.137 e. The van der Waals surface area contributed by atoms with E-state index in [1.807, 2.05) is 0 Å². The van der Waals surface area contributed by atoms with Crippen molar-refractivity contribution in [2.45, 2.75) is 6.10 Å². The minimum Gasteiger partial charge on any atom is -0.508 e. The first-order valence-electron chi connectivity index (χ1n) is 5.78. The normalized spacial score (nSPS) is 11.9. The molecule has 2 aromatic rings. The predicted octanol–water partition coefficient (Wildman–Crippen LogP) is 1.91. The Kier molecular flexibility index (Phi) is 4.20. The number of pyridine rings is 1. The van der Waals surface area contributed by atoms with Crippen molar-refractivity contribution >= 4 is 0 Å². The molecule has 1 aromatic heterocycles. The summed E-state index contributed by atoms with van der Waals surface area (Å²) in [5.41, 5.74) is 0.478. The largest absolute Gasteiger partial charge is 0.508 e. The van der Waals surface area contributed by atoms with Gasteiger partial charge in [-0.25, -0.2) is 0 Å². The van der Waals surface area contributed by atoms with E-state index in [1.54, 1.807) is 30.6 Å². The van der Waals surface area contributed by atoms with Gasteiger partial charge in [0.15, 0.2) is 0 Å². The highest BCUT2D eigenvalue weighted by Gasteiger charge is 2.15. The van der Waals surface area contributed by atoms with Gasteiger partial charge < -0.3 is 19.7 Å². The Balaban J connectivity index is 2.07. The van der Waals surface area contributed by atoms with E-state index in [4.69, 9.17) is 9.47 Å². The van der Waals surface area contributed by atoms with Gasteiger partial charge in [0.1, 0.15) is 30.0 Å². The standard InChI is InChI=1S/C14H15NO4/c1-18-14-5-4-10(16)7-12(14)13(17)9-19-11-3-2-6-15-8-11/h2-8,13,16-17H,9H2,1H3. The van der Waals surface area contributed by atoms with E-state index in [-0.39, 0.29) is 12.4 Å². The number of methoxy groups -OCH3 is 1. The number of phenols is 1. The number of aliphatic hydroxyl groups excluding tert-OH is 1. The lowest BCUT2D eigenvalue weighted by atomic mass is 10.1. The number of aliphatic hydroxyl groups is 1. The van der Waals surface area contributed by atoms with Crippen LogP contribution in [0.2, 0.25) is 0 Å². The monoisotopic (exact) mass is 261 g/mol. The van der Waals surface area contributed by atoms with Crippen molar-refractivity contribution in [2.75, 3.05) is 13.7 Å². The second-order valence-corrected chi connectivity index (χ2v) is 3.94. The maximum atomic E-state index is 10.1. The average Bonchev–Trinajstić information content (AvgIpc) is 2.46. The first kappa shape index (κ1) is 13.2. The van der Waals surface area contributed by atoms with Crippen molar-refractivity contribution in [3.8, 4) is 17.2 Å². The first-order valence-corrected chi connectivity index (χ1v) is 5.78. The summed E-state index contributed by atoms with van der Waals surface area (Å²) in [7, 11) is 1.50. The molecule has 1 heterocycles. The fourth-order valence-electron chi connectivity index (χ4n) is 1.68. The number of hydrogen-bond acceptors (Lipinski definition) is 5. The third kappa shape index (κ3) is 3.35. The summed E-state index contributed by atoms with van der Waals surface area (Å²) in [6, 6.07) is 8.04. The highest BCUT2D eigenvalue weighted by Crippen LogP contribution is 2.29. The Bertz CT molecular complexity index is 530. The molecular formula is C14H15NO4. The third-order valence-corrected chi connectivity index (χ3v) is 2.61. The van der Waals surface area contributed by atoms with Crippen LogP contribution in [-0.2, 0) is 0 Å². The lowest BCUT2D eigenvalue weighted by Gasteiger charge is -2.15. The van der Waals surface area contributed by atoms with Crippen molar-refractivity contribution in [1.29, 1.82) is 0 Å².